The molecular weight excluding hydrogens is 174 g/mol. The van der Waals surface area contributed by atoms with Gasteiger partial charge < -0.3 is 5.73 Å². The second-order valence-corrected chi connectivity index (χ2v) is 3.27. The third kappa shape index (κ3) is 1.83. The van der Waals surface area contributed by atoms with Crippen molar-refractivity contribution in [2.75, 3.05) is 0 Å². The largest absolute Gasteiger partial charge is 0.317 e. The van der Waals surface area contributed by atoms with Gasteiger partial charge in [-0.1, -0.05) is 0 Å². The smallest absolute Gasteiger partial charge is 0.260 e. The van der Waals surface area contributed by atoms with Gasteiger partial charge in [-0.05, 0) is 31.0 Å². The molecular formula is C9H12F2N2. The molecule has 0 saturated heterocycles. The van der Waals surface area contributed by atoms with E-state index >= 15 is 0 Å². The van der Waals surface area contributed by atoms with Gasteiger partial charge in [0.15, 0.2) is 0 Å². The van der Waals surface area contributed by atoms with Gasteiger partial charge in [0.1, 0.15) is 5.54 Å². The van der Waals surface area contributed by atoms with Crippen LogP contribution in [0.25, 0.3) is 0 Å². The van der Waals surface area contributed by atoms with E-state index in [0.29, 0.717) is 5.56 Å². The molecule has 1 aromatic heterocycles. The molecule has 13 heavy (non-hydrogen) atoms. The lowest BCUT2D eigenvalue weighted by Gasteiger charge is -2.25. The maximum atomic E-state index is 12.5. The van der Waals surface area contributed by atoms with Crippen LogP contribution >= 0.6 is 0 Å². The van der Waals surface area contributed by atoms with E-state index in [4.69, 9.17) is 5.73 Å². The van der Waals surface area contributed by atoms with Crippen molar-refractivity contribution < 1.29 is 8.78 Å². The molecule has 0 aliphatic heterocycles. The molecule has 1 unspecified atom stereocenters. The fourth-order valence-corrected chi connectivity index (χ4v) is 1.15. The summed E-state index contributed by atoms with van der Waals surface area (Å²) in [5, 5.41) is 0. The first-order chi connectivity index (χ1) is 5.96. The molecule has 0 aliphatic carbocycles. The van der Waals surface area contributed by atoms with Crippen molar-refractivity contribution in [3.63, 3.8) is 0 Å². The second-order valence-electron chi connectivity index (χ2n) is 3.27. The quantitative estimate of drug-likeness (QED) is 0.765. The summed E-state index contributed by atoms with van der Waals surface area (Å²) in [4.78, 5) is 3.78. The molecule has 0 amide bonds. The molecule has 1 aromatic rings. The number of hydrogen-bond donors (Lipinski definition) is 1. The van der Waals surface area contributed by atoms with Gasteiger partial charge in [0.05, 0.1) is 0 Å². The summed E-state index contributed by atoms with van der Waals surface area (Å²) in [6.45, 7) is 3.05. The van der Waals surface area contributed by atoms with Gasteiger partial charge in [-0.25, -0.2) is 8.78 Å². The minimum Gasteiger partial charge on any atom is -0.317 e. The Hall–Kier alpha value is -1.03. The average Bonchev–Trinajstić information content (AvgIpc) is 2.04. The molecule has 72 valence electrons. The molecule has 1 rings (SSSR count). The van der Waals surface area contributed by atoms with Crippen molar-refractivity contribution in [3.8, 4) is 0 Å². The fourth-order valence-electron chi connectivity index (χ4n) is 1.15. The topological polar surface area (TPSA) is 38.9 Å². The van der Waals surface area contributed by atoms with Crippen molar-refractivity contribution in [2.45, 2.75) is 25.8 Å². The Morgan fingerprint density at radius 2 is 2.15 bits per heavy atom. The number of halogens is 2. The number of nitrogens with zero attached hydrogens (tertiary/aromatic N) is 1. The van der Waals surface area contributed by atoms with E-state index in [2.05, 4.69) is 4.98 Å². The Kier molecular flexibility index (Phi) is 2.61. The molecule has 0 saturated carbocycles. The van der Waals surface area contributed by atoms with E-state index in [0.717, 1.165) is 5.56 Å². The Morgan fingerprint density at radius 3 is 2.62 bits per heavy atom. The highest BCUT2D eigenvalue weighted by Crippen LogP contribution is 2.26. The van der Waals surface area contributed by atoms with Crippen LogP contribution in [0.2, 0.25) is 0 Å². The van der Waals surface area contributed by atoms with E-state index in [1.807, 2.05) is 0 Å². The van der Waals surface area contributed by atoms with Gasteiger partial charge in [0, 0.05) is 12.4 Å². The Morgan fingerprint density at radius 1 is 1.54 bits per heavy atom. The summed E-state index contributed by atoms with van der Waals surface area (Å²) >= 11 is 0. The number of nitrogens with two attached hydrogens (primary N) is 1. The van der Waals surface area contributed by atoms with Crippen LogP contribution in [0.5, 0.6) is 0 Å². The van der Waals surface area contributed by atoms with Crippen LogP contribution in [0.4, 0.5) is 8.78 Å². The molecule has 0 fully saturated rings. The highest BCUT2D eigenvalue weighted by atomic mass is 19.3. The predicted molar refractivity (Wildman–Crippen MR) is 46.5 cm³/mol. The Balaban J connectivity index is 3.14. The van der Waals surface area contributed by atoms with Crippen LogP contribution in [-0.2, 0) is 5.54 Å². The highest BCUT2D eigenvalue weighted by molar-refractivity contribution is 5.29. The van der Waals surface area contributed by atoms with Gasteiger partial charge in [-0.2, -0.15) is 0 Å². The lowest BCUT2D eigenvalue weighted by molar-refractivity contribution is 0.0620. The molecule has 4 heteroatoms. The van der Waals surface area contributed by atoms with Crippen LogP contribution in [-0.4, -0.2) is 11.4 Å². The summed E-state index contributed by atoms with van der Waals surface area (Å²) in [6, 6.07) is 1.67. The van der Waals surface area contributed by atoms with Crippen molar-refractivity contribution in [1.29, 1.82) is 0 Å². The number of hydrogen-bond acceptors (Lipinski definition) is 2. The summed E-state index contributed by atoms with van der Waals surface area (Å²) in [7, 11) is 0. The first kappa shape index (κ1) is 10.1. The molecule has 0 aromatic carbocycles. The average molecular weight is 186 g/mol. The maximum Gasteiger partial charge on any atom is 0.260 e. The third-order valence-electron chi connectivity index (χ3n) is 2.07. The van der Waals surface area contributed by atoms with Gasteiger partial charge >= 0.3 is 0 Å². The van der Waals surface area contributed by atoms with E-state index in [1.54, 1.807) is 19.2 Å². The molecule has 2 N–H and O–H groups in total. The monoisotopic (exact) mass is 186 g/mol. The van der Waals surface area contributed by atoms with E-state index in [-0.39, 0.29) is 0 Å². The first-order valence-electron chi connectivity index (χ1n) is 3.94. The molecule has 1 atom stereocenters. The first-order valence-corrected chi connectivity index (χ1v) is 3.94. The number of aryl methyl sites for hydroxylation is 1. The third-order valence-corrected chi connectivity index (χ3v) is 2.07. The van der Waals surface area contributed by atoms with Crippen molar-refractivity contribution in [1.82, 2.24) is 4.98 Å². The summed E-state index contributed by atoms with van der Waals surface area (Å²) < 4.78 is 25.1. The predicted octanol–water partition coefficient (Wildman–Crippen LogP) is 1.83. The van der Waals surface area contributed by atoms with Gasteiger partial charge in [0.25, 0.3) is 6.43 Å². The zero-order valence-electron chi connectivity index (χ0n) is 7.59. The van der Waals surface area contributed by atoms with E-state index < -0.39 is 12.0 Å². The van der Waals surface area contributed by atoms with Crippen LogP contribution in [0.1, 0.15) is 18.1 Å². The van der Waals surface area contributed by atoms with E-state index in [1.165, 1.54) is 13.1 Å². The normalized spacial score (nSPS) is 15.8. The molecule has 0 aliphatic rings. The number of pyridine rings is 1. The SMILES string of the molecule is Cc1ccncc1C(C)(N)C(F)F. The van der Waals surface area contributed by atoms with Gasteiger partial charge in [-0.3, -0.25) is 4.98 Å². The zero-order chi connectivity index (χ0) is 10.1. The molecule has 0 radical (unpaired) electrons. The maximum absolute atomic E-state index is 12.5. The van der Waals surface area contributed by atoms with Crippen LogP contribution in [0.3, 0.4) is 0 Å². The lowest BCUT2D eigenvalue weighted by atomic mass is 9.92. The van der Waals surface area contributed by atoms with Crippen LogP contribution in [0, 0.1) is 6.92 Å². The minimum absolute atomic E-state index is 0.394. The lowest BCUT2D eigenvalue weighted by Crippen LogP contribution is -2.41. The Labute approximate surface area is 75.8 Å². The van der Waals surface area contributed by atoms with Crippen molar-refractivity contribution in [2.24, 2.45) is 5.73 Å². The van der Waals surface area contributed by atoms with Gasteiger partial charge in [-0.15, -0.1) is 0 Å². The number of rotatable bonds is 2. The zero-order valence-corrected chi connectivity index (χ0v) is 7.59. The second kappa shape index (κ2) is 3.38. The standard InChI is InChI=1S/C9H12F2N2/c1-6-3-4-13-5-7(6)9(2,12)8(10)11/h3-5,8H,12H2,1-2H3. The molecule has 0 spiro atoms. The number of aromatic nitrogens is 1. The highest BCUT2D eigenvalue weighted by Gasteiger charge is 2.33. The van der Waals surface area contributed by atoms with E-state index in [9.17, 15) is 8.78 Å². The fraction of sp³-hybridized carbons (Fsp3) is 0.444. The van der Waals surface area contributed by atoms with Crippen molar-refractivity contribution in [3.05, 3.63) is 29.6 Å². The van der Waals surface area contributed by atoms with Crippen molar-refractivity contribution >= 4 is 0 Å². The minimum atomic E-state index is -2.59. The molecule has 1 heterocycles. The summed E-state index contributed by atoms with van der Waals surface area (Å²) in [5.41, 5.74) is 5.01. The Bertz CT molecular complexity index is 297. The van der Waals surface area contributed by atoms with Gasteiger partial charge in [0.2, 0.25) is 0 Å². The van der Waals surface area contributed by atoms with Crippen LogP contribution in [0.15, 0.2) is 18.5 Å². The summed E-state index contributed by atoms with van der Waals surface area (Å²) in [5.74, 6) is 0. The van der Waals surface area contributed by atoms with Crippen LogP contribution < -0.4 is 5.73 Å². The number of alkyl halides is 2. The molecule has 0 bridgehead atoms. The molecule has 2 nitrogen and oxygen atoms in total. The summed E-state index contributed by atoms with van der Waals surface area (Å²) in [6.07, 6.45) is 0.359.